The number of aromatic nitrogens is 2. The van der Waals surface area contributed by atoms with E-state index in [0.29, 0.717) is 18.1 Å². The molecular weight excluding hydrogens is 362 g/mol. The zero-order chi connectivity index (χ0) is 20.2. The number of ether oxygens (including phenoxy) is 3. The normalized spacial score (nSPS) is 16.6. The number of hydrogen-bond donors (Lipinski definition) is 1. The Morgan fingerprint density at radius 1 is 1.21 bits per heavy atom. The number of carbonyl (C=O) groups is 1. The number of piperidine rings is 1. The van der Waals surface area contributed by atoms with Crippen LogP contribution in [0.15, 0.2) is 36.7 Å². The predicted molar refractivity (Wildman–Crippen MR) is 103 cm³/mol. The maximum absolute atomic E-state index is 8.36. The highest BCUT2D eigenvalue weighted by molar-refractivity contribution is 5.42. The van der Waals surface area contributed by atoms with Gasteiger partial charge in [0.15, 0.2) is 11.5 Å². The largest absolute Gasteiger partial charge is 0.493 e. The maximum atomic E-state index is 8.36. The molecule has 1 N–H and O–H groups in total. The van der Waals surface area contributed by atoms with Gasteiger partial charge in [0.1, 0.15) is 5.69 Å². The van der Waals surface area contributed by atoms with Crippen LogP contribution in [0.2, 0.25) is 0 Å². The summed E-state index contributed by atoms with van der Waals surface area (Å²) in [5.41, 5.74) is 1.86. The van der Waals surface area contributed by atoms with Crippen molar-refractivity contribution in [2.45, 2.75) is 32.1 Å². The summed E-state index contributed by atoms with van der Waals surface area (Å²) in [6.07, 6.45) is 5.96. The van der Waals surface area contributed by atoms with E-state index in [1.54, 1.807) is 26.6 Å². The standard InChI is InChI=1S/C19H25N3O3.CH2O2/c1-23-18-8-10-21-17(19(18)24-2)13-22-11-5-7-16(12-22)25-14-15-6-3-4-9-20-15;2-1-3/h3-4,6,8-10,16H,5,7,11-14H2,1-2H3;1H,(H,2,3). The fourth-order valence-corrected chi connectivity index (χ4v) is 3.15. The molecule has 3 heterocycles. The van der Waals surface area contributed by atoms with E-state index in [1.165, 1.54) is 0 Å². The van der Waals surface area contributed by atoms with Crippen molar-refractivity contribution in [3.8, 4) is 11.5 Å². The summed E-state index contributed by atoms with van der Waals surface area (Å²) in [5, 5.41) is 6.89. The van der Waals surface area contributed by atoms with E-state index in [0.717, 1.165) is 43.9 Å². The molecule has 8 nitrogen and oxygen atoms in total. The van der Waals surface area contributed by atoms with Gasteiger partial charge in [0.2, 0.25) is 0 Å². The smallest absolute Gasteiger partial charge is 0.290 e. The third-order valence-electron chi connectivity index (χ3n) is 4.39. The van der Waals surface area contributed by atoms with Gasteiger partial charge in [-0.25, -0.2) is 0 Å². The molecule has 2 aromatic heterocycles. The van der Waals surface area contributed by atoms with Crippen molar-refractivity contribution in [3.63, 3.8) is 0 Å². The topological polar surface area (TPSA) is 94.0 Å². The Hall–Kier alpha value is -2.71. The maximum Gasteiger partial charge on any atom is 0.290 e. The van der Waals surface area contributed by atoms with Gasteiger partial charge in [0, 0.05) is 31.5 Å². The van der Waals surface area contributed by atoms with Crippen LogP contribution in [0.3, 0.4) is 0 Å². The predicted octanol–water partition coefficient (Wildman–Crippen LogP) is 2.38. The van der Waals surface area contributed by atoms with Crippen LogP contribution >= 0.6 is 0 Å². The molecule has 3 rings (SSSR count). The van der Waals surface area contributed by atoms with Crippen molar-refractivity contribution in [2.75, 3.05) is 27.3 Å². The average Bonchev–Trinajstić information content (AvgIpc) is 2.73. The van der Waals surface area contributed by atoms with Gasteiger partial charge in [0.05, 0.1) is 32.6 Å². The Balaban J connectivity index is 0.000000878. The van der Waals surface area contributed by atoms with Crippen molar-refractivity contribution in [1.29, 1.82) is 0 Å². The van der Waals surface area contributed by atoms with E-state index in [9.17, 15) is 0 Å². The zero-order valence-corrected chi connectivity index (χ0v) is 16.3. The monoisotopic (exact) mass is 389 g/mol. The molecule has 2 aromatic rings. The summed E-state index contributed by atoms with van der Waals surface area (Å²) in [5.74, 6) is 1.42. The van der Waals surface area contributed by atoms with Crippen LogP contribution in [0, 0.1) is 0 Å². The molecule has 0 bridgehead atoms. The van der Waals surface area contributed by atoms with Gasteiger partial charge in [0.25, 0.3) is 6.47 Å². The van der Waals surface area contributed by atoms with E-state index >= 15 is 0 Å². The SMILES string of the molecule is COc1ccnc(CN2CCCC(OCc3ccccn3)C2)c1OC.O=CO. The van der Waals surface area contributed by atoms with E-state index in [4.69, 9.17) is 24.1 Å². The van der Waals surface area contributed by atoms with Crippen molar-refractivity contribution < 1.29 is 24.1 Å². The van der Waals surface area contributed by atoms with Crippen LogP contribution in [0.1, 0.15) is 24.2 Å². The number of pyridine rings is 2. The lowest BCUT2D eigenvalue weighted by molar-refractivity contribution is -0.122. The van der Waals surface area contributed by atoms with Crippen molar-refractivity contribution in [1.82, 2.24) is 14.9 Å². The second-order valence-corrected chi connectivity index (χ2v) is 6.23. The van der Waals surface area contributed by atoms with E-state index in [2.05, 4.69) is 14.9 Å². The van der Waals surface area contributed by atoms with Gasteiger partial charge in [-0.1, -0.05) is 6.07 Å². The Morgan fingerprint density at radius 2 is 2.04 bits per heavy atom. The van der Waals surface area contributed by atoms with Gasteiger partial charge >= 0.3 is 0 Å². The molecule has 0 aliphatic carbocycles. The van der Waals surface area contributed by atoms with Crippen molar-refractivity contribution in [3.05, 3.63) is 48.0 Å². The number of methoxy groups -OCH3 is 2. The molecule has 0 amide bonds. The fourth-order valence-electron chi connectivity index (χ4n) is 3.15. The summed E-state index contributed by atoms with van der Waals surface area (Å²) in [6.45, 7) is 2.95. The highest BCUT2D eigenvalue weighted by atomic mass is 16.5. The molecule has 1 fully saturated rings. The van der Waals surface area contributed by atoms with Gasteiger partial charge in [-0.3, -0.25) is 19.7 Å². The summed E-state index contributed by atoms with van der Waals surface area (Å²) in [6, 6.07) is 7.71. The molecule has 1 saturated heterocycles. The molecule has 1 aliphatic heterocycles. The Kier molecular flexibility index (Phi) is 9.17. The first-order chi connectivity index (χ1) is 13.7. The number of carboxylic acid groups (broad SMARTS) is 1. The Morgan fingerprint density at radius 3 is 2.71 bits per heavy atom. The molecule has 152 valence electrons. The lowest BCUT2D eigenvalue weighted by Gasteiger charge is -2.32. The van der Waals surface area contributed by atoms with E-state index in [1.807, 2.05) is 24.3 Å². The summed E-state index contributed by atoms with van der Waals surface area (Å²) in [4.78, 5) is 19.5. The quantitative estimate of drug-likeness (QED) is 0.722. The summed E-state index contributed by atoms with van der Waals surface area (Å²) >= 11 is 0. The number of rotatable bonds is 7. The summed E-state index contributed by atoms with van der Waals surface area (Å²) < 4.78 is 16.9. The minimum atomic E-state index is -0.250. The second-order valence-electron chi connectivity index (χ2n) is 6.23. The third kappa shape index (κ3) is 6.47. The second kappa shape index (κ2) is 11.9. The lowest BCUT2D eigenvalue weighted by Crippen LogP contribution is -2.39. The van der Waals surface area contributed by atoms with E-state index in [-0.39, 0.29) is 12.6 Å². The van der Waals surface area contributed by atoms with Gasteiger partial charge < -0.3 is 19.3 Å². The minimum absolute atomic E-state index is 0.215. The first-order valence-electron chi connectivity index (χ1n) is 9.09. The minimum Gasteiger partial charge on any atom is -0.493 e. The van der Waals surface area contributed by atoms with Crippen LogP contribution < -0.4 is 9.47 Å². The fraction of sp³-hybridized carbons (Fsp3) is 0.450. The van der Waals surface area contributed by atoms with Crippen LogP contribution in [-0.4, -0.2) is 59.9 Å². The van der Waals surface area contributed by atoms with Crippen LogP contribution in [0.4, 0.5) is 0 Å². The first-order valence-corrected chi connectivity index (χ1v) is 9.09. The van der Waals surface area contributed by atoms with Crippen LogP contribution in [-0.2, 0) is 22.7 Å². The molecule has 0 spiro atoms. The van der Waals surface area contributed by atoms with Gasteiger partial charge in [-0.15, -0.1) is 0 Å². The lowest BCUT2D eigenvalue weighted by atomic mass is 10.1. The number of hydrogen-bond acceptors (Lipinski definition) is 7. The molecule has 28 heavy (non-hydrogen) atoms. The highest BCUT2D eigenvalue weighted by Gasteiger charge is 2.23. The summed E-state index contributed by atoms with van der Waals surface area (Å²) in [7, 11) is 3.29. The molecular formula is C20H27N3O5. The van der Waals surface area contributed by atoms with E-state index < -0.39 is 0 Å². The molecule has 1 atom stereocenters. The zero-order valence-electron chi connectivity index (χ0n) is 16.3. The van der Waals surface area contributed by atoms with Crippen LogP contribution in [0.25, 0.3) is 0 Å². The first kappa shape index (κ1) is 21.6. The Bertz CT molecular complexity index is 714. The third-order valence-corrected chi connectivity index (χ3v) is 4.39. The molecule has 1 aliphatic rings. The van der Waals surface area contributed by atoms with Gasteiger partial charge in [-0.2, -0.15) is 0 Å². The number of likely N-dealkylation sites (tertiary alicyclic amines) is 1. The number of nitrogens with zero attached hydrogens (tertiary/aromatic N) is 3. The van der Waals surface area contributed by atoms with Crippen molar-refractivity contribution >= 4 is 6.47 Å². The molecule has 0 saturated carbocycles. The highest BCUT2D eigenvalue weighted by Crippen LogP contribution is 2.30. The molecule has 8 heteroatoms. The van der Waals surface area contributed by atoms with Gasteiger partial charge in [-0.05, 0) is 31.5 Å². The molecule has 0 radical (unpaired) electrons. The van der Waals surface area contributed by atoms with Crippen LogP contribution in [0.5, 0.6) is 11.5 Å². The molecule has 1 unspecified atom stereocenters. The average molecular weight is 389 g/mol. The Labute approximate surface area is 165 Å². The van der Waals surface area contributed by atoms with Crippen molar-refractivity contribution in [2.24, 2.45) is 0 Å². The molecule has 0 aromatic carbocycles.